The Morgan fingerprint density at radius 3 is 2.50 bits per heavy atom. The van der Waals surface area contributed by atoms with E-state index in [4.69, 9.17) is 5.53 Å². The van der Waals surface area contributed by atoms with Crippen LogP contribution in [0.3, 0.4) is 0 Å². The maximum atomic E-state index is 13.8. The van der Waals surface area contributed by atoms with E-state index in [1.165, 1.54) is 0 Å². The molecule has 5 nitrogen and oxygen atoms in total. The average molecular weight is 327 g/mol. The Kier molecular flexibility index (Phi) is 6.08. The summed E-state index contributed by atoms with van der Waals surface area (Å²) in [6.07, 6.45) is 1.40. The largest absolute Gasteiger partial charge is 0.287 e. The van der Waals surface area contributed by atoms with Crippen molar-refractivity contribution < 1.29 is 18.4 Å². The minimum absolute atomic E-state index is 0.174. The lowest BCUT2D eigenvalue weighted by Crippen LogP contribution is -2.21. The van der Waals surface area contributed by atoms with Gasteiger partial charge in [-0.15, -0.1) is 0 Å². The van der Waals surface area contributed by atoms with Crippen molar-refractivity contribution in [3.05, 3.63) is 39.8 Å². The second kappa shape index (κ2) is 7.38. The third-order valence-electron chi connectivity index (χ3n) is 3.02. The number of hydrogen-bond acceptors (Lipinski definition) is 3. The highest BCUT2D eigenvalue weighted by Crippen LogP contribution is 2.35. The third-order valence-corrected chi connectivity index (χ3v) is 4.29. The molecule has 22 heavy (non-hydrogen) atoms. The summed E-state index contributed by atoms with van der Waals surface area (Å²) in [5.74, 6) is -3.25. The number of azide groups is 1. The summed E-state index contributed by atoms with van der Waals surface area (Å²) >= 11 is 0.608. The highest BCUT2D eigenvalue weighted by Gasteiger charge is 2.28. The highest BCUT2D eigenvalue weighted by atomic mass is 32.2. The van der Waals surface area contributed by atoms with E-state index in [0.717, 1.165) is 12.5 Å². The van der Waals surface area contributed by atoms with E-state index in [1.807, 2.05) is 6.92 Å². The van der Waals surface area contributed by atoms with Crippen molar-refractivity contribution in [2.75, 3.05) is 0 Å². The van der Waals surface area contributed by atoms with E-state index < -0.39 is 28.5 Å². The molecule has 0 aliphatic rings. The molecule has 0 atom stereocenters. The first-order valence-electron chi connectivity index (χ1n) is 6.53. The van der Waals surface area contributed by atoms with Crippen molar-refractivity contribution in [2.45, 2.75) is 38.5 Å². The Morgan fingerprint density at radius 1 is 1.32 bits per heavy atom. The fraction of sp³-hybridized carbons (Fsp3) is 0.429. The molecule has 8 heteroatoms. The van der Waals surface area contributed by atoms with Gasteiger partial charge in [-0.05, 0) is 34.9 Å². The van der Waals surface area contributed by atoms with Gasteiger partial charge in [0.1, 0.15) is 11.6 Å². The van der Waals surface area contributed by atoms with Crippen LogP contribution in [0.2, 0.25) is 0 Å². The van der Waals surface area contributed by atoms with Gasteiger partial charge in [-0.25, -0.2) is 8.78 Å². The van der Waals surface area contributed by atoms with Gasteiger partial charge in [-0.3, -0.25) is 9.59 Å². The monoisotopic (exact) mass is 327 g/mol. The highest BCUT2D eigenvalue weighted by molar-refractivity contribution is 8.13. The van der Waals surface area contributed by atoms with Crippen LogP contribution in [0.15, 0.2) is 22.1 Å². The van der Waals surface area contributed by atoms with Crippen LogP contribution >= 0.6 is 11.8 Å². The van der Waals surface area contributed by atoms with Crippen molar-refractivity contribution in [1.82, 2.24) is 0 Å². The normalized spacial score (nSPS) is 11.0. The molecule has 0 saturated heterocycles. The Labute approximate surface area is 130 Å². The minimum Gasteiger partial charge on any atom is -0.287 e. The molecule has 1 aromatic rings. The van der Waals surface area contributed by atoms with Gasteiger partial charge >= 0.3 is 0 Å². The molecule has 0 unspecified atom stereocenters. The Bertz CT molecular complexity index is 656. The van der Waals surface area contributed by atoms with Gasteiger partial charge in [0.15, 0.2) is 5.12 Å². The summed E-state index contributed by atoms with van der Waals surface area (Å²) in [6, 6.07) is 1.40. The van der Waals surface area contributed by atoms with Crippen LogP contribution in [-0.2, 0) is 4.79 Å². The number of nitrogens with zero attached hydrogens (tertiary/aromatic N) is 3. The summed E-state index contributed by atoms with van der Waals surface area (Å²) in [4.78, 5) is 25.7. The lowest BCUT2D eigenvalue weighted by Gasteiger charge is -2.21. The van der Waals surface area contributed by atoms with E-state index in [1.54, 1.807) is 13.8 Å². The standard InChI is InChI=1S/C14H15F2N3O2S/c1-4-5-14(2,3)13(21)22-11-6-8(12(20)18-19-17)9(15)7-10(11)16/h6-7H,4-5H2,1-3H3. The number of carbonyl (C=O) groups is 2. The van der Waals surface area contributed by atoms with Crippen molar-refractivity contribution >= 4 is 22.8 Å². The molecule has 0 aliphatic carbocycles. The van der Waals surface area contributed by atoms with Crippen molar-refractivity contribution in [3.63, 3.8) is 0 Å². The van der Waals surface area contributed by atoms with Gasteiger partial charge in [0.05, 0.1) is 10.5 Å². The lowest BCUT2D eigenvalue weighted by atomic mass is 9.90. The van der Waals surface area contributed by atoms with Crippen LogP contribution in [0, 0.1) is 17.0 Å². The molecule has 0 heterocycles. The second-order valence-electron chi connectivity index (χ2n) is 5.28. The van der Waals surface area contributed by atoms with Crippen LogP contribution in [0.4, 0.5) is 8.78 Å². The topological polar surface area (TPSA) is 82.9 Å². The van der Waals surface area contributed by atoms with Crippen molar-refractivity contribution in [1.29, 1.82) is 0 Å². The molecular formula is C14H15F2N3O2S. The molecule has 0 aliphatic heterocycles. The van der Waals surface area contributed by atoms with Gasteiger partial charge < -0.3 is 0 Å². The predicted molar refractivity (Wildman–Crippen MR) is 79.4 cm³/mol. The smallest absolute Gasteiger partial charge is 0.252 e. The van der Waals surface area contributed by atoms with Crippen LogP contribution in [0.1, 0.15) is 44.0 Å². The molecule has 0 aromatic heterocycles. The maximum absolute atomic E-state index is 13.8. The lowest BCUT2D eigenvalue weighted by molar-refractivity contribution is -0.118. The predicted octanol–water partition coefficient (Wildman–Crippen LogP) is 4.86. The number of amides is 1. The van der Waals surface area contributed by atoms with E-state index in [0.29, 0.717) is 24.2 Å². The third kappa shape index (κ3) is 4.29. The maximum Gasteiger partial charge on any atom is 0.252 e. The van der Waals surface area contributed by atoms with E-state index in [9.17, 15) is 18.4 Å². The summed E-state index contributed by atoms with van der Waals surface area (Å²) in [7, 11) is 0. The summed E-state index contributed by atoms with van der Waals surface area (Å²) in [6.45, 7) is 5.40. The first-order chi connectivity index (χ1) is 10.2. The van der Waals surface area contributed by atoms with Crippen LogP contribution < -0.4 is 0 Å². The van der Waals surface area contributed by atoms with E-state index >= 15 is 0 Å². The molecule has 0 bridgehead atoms. The number of thioether (sulfide) groups is 1. The molecular weight excluding hydrogens is 312 g/mol. The molecule has 0 saturated carbocycles. The molecule has 0 fully saturated rings. The number of rotatable bonds is 5. The quantitative estimate of drug-likeness (QED) is 0.335. The van der Waals surface area contributed by atoms with Crippen LogP contribution in [0.5, 0.6) is 0 Å². The summed E-state index contributed by atoms with van der Waals surface area (Å²) in [5, 5.41) is 2.48. The fourth-order valence-electron chi connectivity index (χ4n) is 1.83. The number of benzene rings is 1. The second-order valence-corrected chi connectivity index (χ2v) is 6.30. The summed E-state index contributed by atoms with van der Waals surface area (Å²) < 4.78 is 27.3. The molecule has 1 amide bonds. The van der Waals surface area contributed by atoms with Crippen LogP contribution in [-0.4, -0.2) is 11.0 Å². The molecule has 1 aromatic carbocycles. The van der Waals surface area contributed by atoms with Gasteiger partial charge in [-0.2, -0.15) is 0 Å². The SMILES string of the molecule is CCCC(C)(C)C(=O)Sc1cc(C(=O)N=[N+]=[N-])c(F)cc1F. The molecule has 0 spiro atoms. The van der Waals surface area contributed by atoms with Gasteiger partial charge in [0.25, 0.3) is 5.91 Å². The fourth-order valence-corrected chi connectivity index (χ4v) is 2.74. The first-order valence-corrected chi connectivity index (χ1v) is 7.35. The molecule has 1 rings (SSSR count). The van der Waals surface area contributed by atoms with Gasteiger partial charge in [-0.1, -0.05) is 27.2 Å². The number of carbonyl (C=O) groups excluding carboxylic acids is 2. The molecule has 0 N–H and O–H groups in total. The van der Waals surface area contributed by atoms with Crippen molar-refractivity contribution in [3.8, 4) is 0 Å². The van der Waals surface area contributed by atoms with Crippen molar-refractivity contribution in [2.24, 2.45) is 10.5 Å². The summed E-state index contributed by atoms with van der Waals surface area (Å²) in [5.41, 5.74) is 6.97. The van der Waals surface area contributed by atoms with Gasteiger partial charge in [0.2, 0.25) is 0 Å². The van der Waals surface area contributed by atoms with Crippen LogP contribution in [0.25, 0.3) is 10.4 Å². The number of halogens is 2. The zero-order valence-electron chi connectivity index (χ0n) is 12.4. The van der Waals surface area contributed by atoms with E-state index in [2.05, 4.69) is 10.0 Å². The molecule has 118 valence electrons. The Hall–Kier alpha value is -1.92. The van der Waals surface area contributed by atoms with Gasteiger partial charge in [0, 0.05) is 16.4 Å². The Balaban J connectivity index is 3.15. The van der Waals surface area contributed by atoms with E-state index in [-0.39, 0.29) is 10.0 Å². The zero-order valence-corrected chi connectivity index (χ0v) is 13.2. The average Bonchev–Trinajstić information content (AvgIpc) is 2.41. The first kappa shape index (κ1) is 18.1. The number of hydrogen-bond donors (Lipinski definition) is 0. The Morgan fingerprint density at radius 2 is 1.95 bits per heavy atom. The molecule has 0 radical (unpaired) electrons. The zero-order chi connectivity index (χ0) is 16.9. The minimum atomic E-state index is -1.16.